The largest absolute Gasteiger partial charge is 0.496 e. The number of anilines is 1. The first-order chi connectivity index (χ1) is 13.6. The van der Waals surface area contributed by atoms with E-state index in [1.165, 1.54) is 11.3 Å². The number of hydrogen-bond donors (Lipinski definition) is 1. The third kappa shape index (κ3) is 3.67. The van der Waals surface area contributed by atoms with Gasteiger partial charge < -0.3 is 9.47 Å². The lowest BCUT2D eigenvalue weighted by Gasteiger charge is -2.06. The molecule has 0 saturated heterocycles. The van der Waals surface area contributed by atoms with E-state index in [0.717, 1.165) is 22.6 Å². The first kappa shape index (κ1) is 18.0. The van der Waals surface area contributed by atoms with E-state index in [-0.39, 0.29) is 18.5 Å². The van der Waals surface area contributed by atoms with Gasteiger partial charge in [-0.25, -0.2) is 4.52 Å². The smallest absolute Gasteiger partial charge is 0.264 e. The average Bonchev–Trinajstić information content (AvgIpc) is 3.26. The molecule has 142 valence electrons. The van der Waals surface area contributed by atoms with Crippen molar-refractivity contribution in [2.75, 3.05) is 19.0 Å². The maximum atomic E-state index is 12.2. The Morgan fingerprint density at radius 1 is 1.21 bits per heavy atom. The normalized spacial score (nSPS) is 10.8. The number of methoxy groups -OCH3 is 1. The van der Waals surface area contributed by atoms with Crippen molar-refractivity contribution in [2.24, 2.45) is 0 Å². The number of aryl methyl sites for hydroxylation is 1. The van der Waals surface area contributed by atoms with E-state index in [0.29, 0.717) is 10.7 Å². The fraction of sp³-hybridized carbons (Fsp3) is 0.150. The van der Waals surface area contributed by atoms with E-state index in [4.69, 9.17) is 9.47 Å². The van der Waals surface area contributed by atoms with Gasteiger partial charge in [0.2, 0.25) is 4.96 Å². The molecule has 0 aliphatic carbocycles. The average molecular weight is 394 g/mol. The van der Waals surface area contributed by atoms with E-state index in [1.807, 2.05) is 60.8 Å². The van der Waals surface area contributed by atoms with Gasteiger partial charge in [0.05, 0.1) is 12.8 Å². The summed E-state index contributed by atoms with van der Waals surface area (Å²) >= 11 is 1.44. The first-order valence-electron chi connectivity index (χ1n) is 8.61. The van der Waals surface area contributed by atoms with E-state index < -0.39 is 0 Å². The Bertz CT molecular complexity index is 1140. The van der Waals surface area contributed by atoms with E-state index in [1.54, 1.807) is 11.6 Å². The molecule has 0 fully saturated rings. The molecule has 2 heterocycles. The van der Waals surface area contributed by atoms with Crippen LogP contribution in [0.1, 0.15) is 5.56 Å². The summed E-state index contributed by atoms with van der Waals surface area (Å²) in [6, 6.07) is 15.2. The molecule has 28 heavy (non-hydrogen) atoms. The molecule has 0 bridgehead atoms. The number of aromatic nitrogens is 3. The van der Waals surface area contributed by atoms with Gasteiger partial charge in [-0.1, -0.05) is 24.3 Å². The van der Waals surface area contributed by atoms with E-state index in [2.05, 4.69) is 15.4 Å². The van der Waals surface area contributed by atoms with Crippen LogP contribution in [0.25, 0.3) is 16.2 Å². The Labute approximate surface area is 165 Å². The minimum atomic E-state index is -0.321. The number of fused-ring (bicyclic) bond motifs is 1. The van der Waals surface area contributed by atoms with Gasteiger partial charge in [-0.15, -0.1) is 16.4 Å². The number of hydrogen-bond acceptors (Lipinski definition) is 6. The molecule has 4 rings (SSSR count). The molecule has 2 aromatic carbocycles. The molecule has 0 radical (unpaired) electrons. The lowest BCUT2D eigenvalue weighted by molar-refractivity contribution is -0.118. The number of nitrogens with one attached hydrogen (secondary N) is 1. The van der Waals surface area contributed by atoms with Crippen LogP contribution in [0.15, 0.2) is 53.9 Å². The molecule has 1 amide bonds. The quantitative estimate of drug-likeness (QED) is 0.538. The van der Waals surface area contributed by atoms with Crippen LogP contribution in [0, 0.1) is 6.92 Å². The Morgan fingerprint density at radius 2 is 2.07 bits per heavy atom. The van der Waals surface area contributed by atoms with Crippen LogP contribution >= 0.6 is 11.3 Å². The van der Waals surface area contributed by atoms with Gasteiger partial charge in [-0.3, -0.25) is 10.1 Å². The molecule has 0 aliphatic rings. The minimum Gasteiger partial charge on any atom is -0.496 e. The van der Waals surface area contributed by atoms with Crippen molar-refractivity contribution in [1.82, 2.24) is 14.6 Å². The molecule has 0 spiro atoms. The molecule has 8 heteroatoms. The molecular weight excluding hydrogens is 376 g/mol. The Hall–Kier alpha value is -3.39. The third-order valence-corrected chi connectivity index (χ3v) is 4.89. The highest BCUT2D eigenvalue weighted by Crippen LogP contribution is 2.32. The minimum absolute atomic E-state index is 0.115. The van der Waals surface area contributed by atoms with Gasteiger partial charge in [0.15, 0.2) is 6.61 Å². The fourth-order valence-electron chi connectivity index (χ4n) is 2.79. The summed E-state index contributed by atoms with van der Waals surface area (Å²) in [4.78, 5) is 17.2. The number of benzene rings is 2. The standard InChI is InChI=1S/C20H18N4O3S/c1-13-6-5-7-14(10-13)27-11-18(25)21-19-22-20-24(23-19)16(12-28-20)15-8-3-4-9-17(15)26-2/h3-10,12H,11H2,1-2H3,(H,21,23,25). The van der Waals surface area contributed by atoms with Crippen molar-refractivity contribution >= 4 is 28.2 Å². The molecule has 0 unspecified atom stereocenters. The number of amides is 1. The Balaban J connectivity index is 1.49. The van der Waals surface area contributed by atoms with Crippen molar-refractivity contribution in [3.05, 3.63) is 59.5 Å². The maximum Gasteiger partial charge on any atom is 0.264 e. The molecule has 7 nitrogen and oxygen atoms in total. The summed E-state index contributed by atoms with van der Waals surface area (Å²) in [6.07, 6.45) is 0. The molecule has 0 saturated carbocycles. The van der Waals surface area contributed by atoms with Gasteiger partial charge in [0.25, 0.3) is 11.9 Å². The van der Waals surface area contributed by atoms with Gasteiger partial charge in [0.1, 0.15) is 11.5 Å². The van der Waals surface area contributed by atoms with Crippen LogP contribution in [-0.2, 0) is 4.79 Å². The van der Waals surface area contributed by atoms with E-state index in [9.17, 15) is 4.79 Å². The second-order valence-electron chi connectivity index (χ2n) is 6.10. The maximum absolute atomic E-state index is 12.2. The second-order valence-corrected chi connectivity index (χ2v) is 6.94. The van der Waals surface area contributed by atoms with Crippen molar-refractivity contribution in [3.8, 4) is 22.8 Å². The van der Waals surface area contributed by atoms with Crippen LogP contribution in [0.4, 0.5) is 5.95 Å². The van der Waals surface area contributed by atoms with Gasteiger partial charge in [-0.2, -0.15) is 4.98 Å². The van der Waals surface area contributed by atoms with Crippen molar-refractivity contribution in [1.29, 1.82) is 0 Å². The lowest BCUT2D eigenvalue weighted by atomic mass is 10.1. The Morgan fingerprint density at radius 3 is 2.89 bits per heavy atom. The molecule has 2 aromatic heterocycles. The van der Waals surface area contributed by atoms with Crippen LogP contribution < -0.4 is 14.8 Å². The zero-order valence-electron chi connectivity index (χ0n) is 15.4. The number of rotatable bonds is 6. The summed E-state index contributed by atoms with van der Waals surface area (Å²) < 4.78 is 12.6. The van der Waals surface area contributed by atoms with Crippen molar-refractivity contribution in [2.45, 2.75) is 6.92 Å². The third-order valence-electron chi connectivity index (χ3n) is 4.08. The van der Waals surface area contributed by atoms with Crippen molar-refractivity contribution in [3.63, 3.8) is 0 Å². The van der Waals surface area contributed by atoms with Gasteiger partial charge in [-0.05, 0) is 36.8 Å². The summed E-state index contributed by atoms with van der Waals surface area (Å²) in [6.45, 7) is 1.85. The fourth-order valence-corrected chi connectivity index (χ4v) is 3.61. The molecule has 0 aliphatic heterocycles. The molecular formula is C20H18N4O3S. The number of thiazole rings is 1. The number of ether oxygens (including phenoxy) is 2. The monoisotopic (exact) mass is 394 g/mol. The van der Waals surface area contributed by atoms with Gasteiger partial charge in [0, 0.05) is 10.9 Å². The molecule has 4 aromatic rings. The predicted octanol–water partition coefficient (Wildman–Crippen LogP) is 3.79. The molecule has 1 N–H and O–H groups in total. The number of carbonyl (C=O) groups excluding carboxylic acids is 1. The zero-order chi connectivity index (χ0) is 19.5. The summed E-state index contributed by atoms with van der Waals surface area (Å²) in [5.74, 6) is 1.31. The number of nitrogens with zero attached hydrogens (tertiary/aromatic N) is 3. The SMILES string of the molecule is COc1ccccc1-c1csc2nc(NC(=O)COc3cccc(C)c3)nn12. The second kappa shape index (κ2) is 7.69. The summed E-state index contributed by atoms with van der Waals surface area (Å²) in [7, 11) is 1.63. The summed E-state index contributed by atoms with van der Waals surface area (Å²) in [5, 5.41) is 9.04. The Kier molecular flexibility index (Phi) is 4.94. The highest BCUT2D eigenvalue weighted by Gasteiger charge is 2.16. The highest BCUT2D eigenvalue weighted by molar-refractivity contribution is 7.15. The van der Waals surface area contributed by atoms with Gasteiger partial charge >= 0.3 is 0 Å². The van der Waals surface area contributed by atoms with Crippen molar-refractivity contribution < 1.29 is 14.3 Å². The number of carbonyl (C=O) groups is 1. The lowest BCUT2D eigenvalue weighted by Crippen LogP contribution is -2.21. The van der Waals surface area contributed by atoms with Crippen LogP contribution in [-0.4, -0.2) is 34.2 Å². The number of para-hydroxylation sites is 1. The van der Waals surface area contributed by atoms with E-state index >= 15 is 0 Å². The van der Waals surface area contributed by atoms with Crippen LogP contribution in [0.5, 0.6) is 11.5 Å². The summed E-state index contributed by atoms with van der Waals surface area (Å²) in [5.41, 5.74) is 2.82. The topological polar surface area (TPSA) is 77.8 Å². The van der Waals surface area contributed by atoms with Crippen LogP contribution in [0.2, 0.25) is 0 Å². The predicted molar refractivity (Wildman–Crippen MR) is 108 cm³/mol. The zero-order valence-corrected chi connectivity index (χ0v) is 16.2. The van der Waals surface area contributed by atoms with Crippen LogP contribution in [0.3, 0.4) is 0 Å². The molecule has 0 atom stereocenters. The first-order valence-corrected chi connectivity index (χ1v) is 9.49. The highest BCUT2D eigenvalue weighted by atomic mass is 32.1.